The first kappa shape index (κ1) is 16.8. The van der Waals surface area contributed by atoms with Gasteiger partial charge in [-0.3, -0.25) is 0 Å². The first-order valence-electron chi connectivity index (χ1n) is 7.29. The van der Waals surface area contributed by atoms with E-state index in [0.29, 0.717) is 12.3 Å². The summed E-state index contributed by atoms with van der Waals surface area (Å²) in [7, 11) is 0. The molecule has 0 aromatic heterocycles. The number of aliphatic hydroxyl groups is 1. The summed E-state index contributed by atoms with van der Waals surface area (Å²) >= 11 is 0. The van der Waals surface area contributed by atoms with Gasteiger partial charge in [0.1, 0.15) is 0 Å². The van der Waals surface area contributed by atoms with Gasteiger partial charge in [0.2, 0.25) is 0 Å². The molecular weight excluding hydrogens is 299 g/mol. The van der Waals surface area contributed by atoms with Gasteiger partial charge in [-0.2, -0.15) is 0 Å². The fourth-order valence-electron chi connectivity index (χ4n) is 2.10. The SMILES string of the molecule is CCOc1ccc(NC(=O)NC(CO)c2ccccc2)cc1F. The number of aliphatic hydroxyl groups excluding tert-OH is 1. The number of hydrogen-bond donors (Lipinski definition) is 3. The number of hydrogen-bond acceptors (Lipinski definition) is 3. The van der Waals surface area contributed by atoms with E-state index in [1.165, 1.54) is 12.1 Å². The van der Waals surface area contributed by atoms with Crippen LogP contribution in [-0.2, 0) is 0 Å². The number of halogens is 1. The molecule has 0 aliphatic rings. The quantitative estimate of drug-likeness (QED) is 0.766. The van der Waals surface area contributed by atoms with Gasteiger partial charge < -0.3 is 20.5 Å². The van der Waals surface area contributed by atoms with Crippen LogP contribution in [0.15, 0.2) is 48.5 Å². The van der Waals surface area contributed by atoms with Crippen LogP contribution in [-0.4, -0.2) is 24.4 Å². The lowest BCUT2D eigenvalue weighted by atomic mass is 10.1. The maximum absolute atomic E-state index is 13.7. The number of amides is 2. The number of carbonyl (C=O) groups excluding carboxylic acids is 1. The van der Waals surface area contributed by atoms with E-state index in [2.05, 4.69) is 10.6 Å². The third kappa shape index (κ3) is 4.69. The van der Waals surface area contributed by atoms with Gasteiger partial charge in [-0.25, -0.2) is 9.18 Å². The molecule has 2 amide bonds. The highest BCUT2D eigenvalue weighted by atomic mass is 19.1. The molecule has 0 saturated carbocycles. The number of benzene rings is 2. The molecule has 2 aromatic rings. The summed E-state index contributed by atoms with van der Waals surface area (Å²) in [4.78, 5) is 12.0. The lowest BCUT2D eigenvalue weighted by molar-refractivity contribution is 0.225. The fourth-order valence-corrected chi connectivity index (χ4v) is 2.10. The maximum atomic E-state index is 13.7. The van der Waals surface area contributed by atoms with Crippen LogP contribution in [0.3, 0.4) is 0 Å². The fraction of sp³-hybridized carbons (Fsp3) is 0.235. The lowest BCUT2D eigenvalue weighted by Gasteiger charge is -2.17. The summed E-state index contributed by atoms with van der Waals surface area (Å²) in [5, 5.41) is 14.6. The Morgan fingerprint density at radius 3 is 2.61 bits per heavy atom. The second-order valence-corrected chi connectivity index (χ2v) is 4.82. The second-order valence-electron chi connectivity index (χ2n) is 4.82. The van der Waals surface area contributed by atoms with E-state index < -0.39 is 17.9 Å². The van der Waals surface area contributed by atoms with Crippen molar-refractivity contribution in [3.05, 3.63) is 59.9 Å². The molecule has 0 fully saturated rings. The molecule has 1 atom stereocenters. The Balaban J connectivity index is 2.00. The largest absolute Gasteiger partial charge is 0.491 e. The van der Waals surface area contributed by atoms with Gasteiger partial charge in [-0.1, -0.05) is 30.3 Å². The standard InChI is InChI=1S/C17H19FN2O3/c1-2-23-16-9-8-13(10-14(16)18)19-17(22)20-15(11-21)12-6-4-3-5-7-12/h3-10,15,21H,2,11H2,1H3,(H2,19,20,22). The van der Waals surface area contributed by atoms with Crippen molar-refractivity contribution in [3.8, 4) is 5.75 Å². The van der Waals surface area contributed by atoms with Crippen molar-refractivity contribution >= 4 is 11.7 Å². The lowest BCUT2D eigenvalue weighted by Crippen LogP contribution is -2.34. The van der Waals surface area contributed by atoms with Crippen LogP contribution in [0, 0.1) is 5.82 Å². The van der Waals surface area contributed by atoms with Crippen molar-refractivity contribution in [1.29, 1.82) is 0 Å². The molecule has 0 saturated heterocycles. The normalized spacial score (nSPS) is 11.6. The molecule has 0 radical (unpaired) electrons. The van der Waals surface area contributed by atoms with E-state index in [0.717, 1.165) is 5.56 Å². The molecule has 2 rings (SSSR count). The van der Waals surface area contributed by atoms with Gasteiger partial charge in [0.25, 0.3) is 0 Å². The minimum absolute atomic E-state index is 0.135. The van der Waals surface area contributed by atoms with Crippen LogP contribution < -0.4 is 15.4 Å². The van der Waals surface area contributed by atoms with Crippen LogP contribution in [0.5, 0.6) is 5.75 Å². The van der Waals surface area contributed by atoms with Crippen molar-refractivity contribution in [2.75, 3.05) is 18.5 Å². The minimum Gasteiger partial charge on any atom is -0.491 e. The topological polar surface area (TPSA) is 70.6 Å². The number of urea groups is 1. The summed E-state index contributed by atoms with van der Waals surface area (Å²) < 4.78 is 18.8. The van der Waals surface area contributed by atoms with Gasteiger partial charge in [0.05, 0.1) is 19.3 Å². The zero-order valence-corrected chi connectivity index (χ0v) is 12.8. The van der Waals surface area contributed by atoms with Crippen molar-refractivity contribution < 1.29 is 19.0 Å². The zero-order chi connectivity index (χ0) is 16.7. The minimum atomic E-state index is -0.550. The van der Waals surface area contributed by atoms with Crippen LogP contribution in [0.1, 0.15) is 18.5 Å². The van der Waals surface area contributed by atoms with E-state index in [1.54, 1.807) is 25.1 Å². The molecule has 1 unspecified atom stereocenters. The first-order valence-corrected chi connectivity index (χ1v) is 7.29. The van der Waals surface area contributed by atoms with E-state index >= 15 is 0 Å². The molecule has 122 valence electrons. The third-order valence-corrected chi connectivity index (χ3v) is 3.18. The summed E-state index contributed by atoms with van der Waals surface area (Å²) in [6.07, 6.45) is 0. The molecular formula is C17H19FN2O3. The zero-order valence-electron chi connectivity index (χ0n) is 12.8. The van der Waals surface area contributed by atoms with Crippen LogP contribution in [0.2, 0.25) is 0 Å². The summed E-state index contributed by atoms with van der Waals surface area (Å²) in [5.41, 5.74) is 1.08. The molecule has 0 aliphatic carbocycles. The van der Waals surface area contributed by atoms with Crippen LogP contribution in [0.4, 0.5) is 14.9 Å². The van der Waals surface area contributed by atoms with Crippen LogP contribution in [0.25, 0.3) is 0 Å². The molecule has 3 N–H and O–H groups in total. The maximum Gasteiger partial charge on any atom is 0.319 e. The highest BCUT2D eigenvalue weighted by Gasteiger charge is 2.14. The smallest absolute Gasteiger partial charge is 0.319 e. The Morgan fingerprint density at radius 2 is 2.00 bits per heavy atom. The Labute approximate surface area is 134 Å². The van der Waals surface area contributed by atoms with Crippen molar-refractivity contribution in [2.24, 2.45) is 0 Å². The first-order chi connectivity index (χ1) is 11.1. The average Bonchev–Trinajstić information content (AvgIpc) is 2.56. The van der Waals surface area contributed by atoms with E-state index in [4.69, 9.17) is 4.74 Å². The van der Waals surface area contributed by atoms with Gasteiger partial charge in [0.15, 0.2) is 11.6 Å². The Morgan fingerprint density at radius 1 is 1.26 bits per heavy atom. The molecule has 5 nitrogen and oxygen atoms in total. The molecule has 0 heterocycles. The summed E-state index contributed by atoms with van der Waals surface area (Å²) in [6, 6.07) is 12.2. The molecule has 0 aliphatic heterocycles. The predicted molar refractivity (Wildman–Crippen MR) is 86.0 cm³/mol. The Kier molecular flexibility index (Phi) is 5.94. The number of nitrogens with one attached hydrogen (secondary N) is 2. The Bertz CT molecular complexity index is 650. The van der Waals surface area contributed by atoms with Crippen molar-refractivity contribution in [1.82, 2.24) is 5.32 Å². The van der Waals surface area contributed by atoms with Crippen molar-refractivity contribution in [2.45, 2.75) is 13.0 Å². The van der Waals surface area contributed by atoms with Crippen LogP contribution >= 0.6 is 0 Å². The number of rotatable bonds is 6. The second kappa shape index (κ2) is 8.14. The highest BCUT2D eigenvalue weighted by Crippen LogP contribution is 2.21. The third-order valence-electron chi connectivity index (χ3n) is 3.18. The number of ether oxygens (including phenoxy) is 1. The van der Waals surface area contributed by atoms with Gasteiger partial charge in [-0.15, -0.1) is 0 Å². The Hall–Kier alpha value is -2.60. The summed E-state index contributed by atoms with van der Waals surface area (Å²) in [6.45, 7) is 1.88. The molecule has 23 heavy (non-hydrogen) atoms. The van der Waals surface area contributed by atoms with Gasteiger partial charge >= 0.3 is 6.03 Å². The van der Waals surface area contributed by atoms with Gasteiger partial charge in [-0.05, 0) is 24.6 Å². The van der Waals surface area contributed by atoms with E-state index in [1.807, 2.05) is 18.2 Å². The number of anilines is 1. The average molecular weight is 318 g/mol. The highest BCUT2D eigenvalue weighted by molar-refractivity contribution is 5.89. The predicted octanol–water partition coefficient (Wildman–Crippen LogP) is 3.08. The van der Waals surface area contributed by atoms with E-state index in [-0.39, 0.29) is 12.4 Å². The van der Waals surface area contributed by atoms with Gasteiger partial charge in [0, 0.05) is 11.8 Å². The summed E-state index contributed by atoms with van der Waals surface area (Å²) in [5.74, 6) is -0.414. The monoisotopic (exact) mass is 318 g/mol. The molecule has 6 heteroatoms. The molecule has 0 bridgehead atoms. The molecule has 0 spiro atoms. The van der Waals surface area contributed by atoms with E-state index in [9.17, 15) is 14.3 Å². The molecule has 2 aromatic carbocycles. The number of carbonyl (C=O) groups is 1. The van der Waals surface area contributed by atoms with Crippen molar-refractivity contribution in [3.63, 3.8) is 0 Å².